The molecular formula is C37H49F3N2O4. The number of hydrogen-bond acceptors (Lipinski definition) is 6. The molecule has 4 saturated carbocycles. The number of fused-ring (bicyclic) bond motifs is 5. The second-order valence-electron chi connectivity index (χ2n) is 15.2. The van der Waals surface area contributed by atoms with Gasteiger partial charge in [0.25, 0.3) is 0 Å². The maximum Gasteiger partial charge on any atom is 0.575 e. The highest BCUT2D eigenvalue weighted by Gasteiger charge is 2.63. The first kappa shape index (κ1) is 32.8. The molecule has 0 spiro atoms. The summed E-state index contributed by atoms with van der Waals surface area (Å²) in [6.07, 6.45) is 3.78. The van der Waals surface area contributed by atoms with Crippen molar-refractivity contribution in [2.75, 3.05) is 11.5 Å². The third-order valence-corrected chi connectivity index (χ3v) is 12.8. The van der Waals surface area contributed by atoms with Crippen LogP contribution in [0, 0.1) is 46.3 Å². The van der Waals surface area contributed by atoms with E-state index in [0.29, 0.717) is 41.7 Å². The molecule has 3 unspecified atom stereocenters. The summed E-state index contributed by atoms with van der Waals surface area (Å²) in [5.41, 5.74) is 13.5. The minimum Gasteiger partial charge on any atom is -0.490 e. The monoisotopic (exact) mass is 642 g/mol. The summed E-state index contributed by atoms with van der Waals surface area (Å²) in [7, 11) is 0. The lowest BCUT2D eigenvalue weighted by Crippen LogP contribution is -2.59. The number of rotatable bonds is 8. The van der Waals surface area contributed by atoms with Crippen LogP contribution in [0.4, 0.5) is 24.5 Å². The lowest BCUT2D eigenvalue weighted by Gasteiger charge is -2.63. The molecule has 0 aliphatic heterocycles. The van der Waals surface area contributed by atoms with Gasteiger partial charge in [0.15, 0.2) is 0 Å². The highest BCUT2D eigenvalue weighted by Crippen LogP contribution is 2.68. The zero-order chi connectivity index (χ0) is 32.9. The van der Waals surface area contributed by atoms with E-state index >= 15 is 0 Å². The molecule has 4 aliphatic rings. The van der Waals surface area contributed by atoms with Gasteiger partial charge in [-0.15, -0.1) is 13.2 Å². The molecule has 252 valence electrons. The number of carbonyl (C=O) groups is 1. The molecule has 0 bridgehead atoms. The molecule has 0 aromatic heterocycles. The van der Waals surface area contributed by atoms with Crippen molar-refractivity contribution in [3.8, 4) is 11.5 Å². The van der Waals surface area contributed by atoms with E-state index in [0.717, 1.165) is 68.6 Å². The van der Waals surface area contributed by atoms with E-state index in [4.69, 9.17) is 20.9 Å². The number of halogens is 3. The average Bonchev–Trinajstić information content (AvgIpc) is 3.35. The molecule has 10 atom stereocenters. The molecule has 0 saturated heterocycles. The van der Waals surface area contributed by atoms with Crippen LogP contribution in [0.25, 0.3) is 0 Å². The molecular weight excluding hydrogens is 593 g/mol. The van der Waals surface area contributed by atoms with Gasteiger partial charge in [0, 0.05) is 23.7 Å². The van der Waals surface area contributed by atoms with Crippen LogP contribution in [0.5, 0.6) is 11.5 Å². The molecule has 9 heteroatoms. The van der Waals surface area contributed by atoms with Gasteiger partial charge >= 0.3 is 12.3 Å². The van der Waals surface area contributed by atoms with Crippen LogP contribution in [0.2, 0.25) is 0 Å². The maximum absolute atomic E-state index is 12.6. The first-order valence-electron chi connectivity index (χ1n) is 17.1. The zero-order valence-electron chi connectivity index (χ0n) is 27.2. The van der Waals surface area contributed by atoms with Crippen LogP contribution in [0.3, 0.4) is 0 Å². The fourth-order valence-corrected chi connectivity index (χ4v) is 10.6. The van der Waals surface area contributed by atoms with Crippen molar-refractivity contribution >= 4 is 17.3 Å². The Morgan fingerprint density at radius 3 is 2.04 bits per heavy atom. The topological polar surface area (TPSA) is 96.8 Å². The van der Waals surface area contributed by atoms with Gasteiger partial charge in [-0.25, -0.2) is 0 Å². The van der Waals surface area contributed by atoms with E-state index in [1.807, 2.05) is 48.5 Å². The standard InChI is InChI=1S/C37H49F3N2O4/c1-22(4-15-34(43)46-37(38,39)40)29-13-14-30-28-21-33(45-26-11-7-24(42)8-12-26)32-20-27(44-25-9-5-23(41)6-10-25)16-18-36(32,3)31(28)17-19-35(29,30)2/h5-12,22,27-33H,4,13-21,41-42H2,1-3H3/t22-,27?,28+,29-,30+,31+,32?,33?,35-,36-/m1/s1. The van der Waals surface area contributed by atoms with Gasteiger partial charge in [0.2, 0.25) is 0 Å². The SMILES string of the molecule is C[C@H](CCC(=O)OC(F)(F)F)[C@H]1CC[C@H]2[C@@H]3CC(Oc4ccc(N)cc4)C4CC(Oc5ccc(N)cc5)CC[C@]4(C)[C@H]3CC[C@]12C. The van der Waals surface area contributed by atoms with Crippen LogP contribution in [0.1, 0.15) is 85.0 Å². The summed E-state index contributed by atoms with van der Waals surface area (Å²) in [5.74, 6) is 2.93. The van der Waals surface area contributed by atoms with Crippen LogP contribution in [-0.4, -0.2) is 24.5 Å². The molecule has 6 nitrogen and oxygen atoms in total. The summed E-state index contributed by atoms with van der Waals surface area (Å²) < 4.78 is 54.8. The summed E-state index contributed by atoms with van der Waals surface area (Å²) in [6.45, 7) is 7.02. The smallest absolute Gasteiger partial charge is 0.490 e. The second-order valence-corrected chi connectivity index (χ2v) is 15.2. The number of carbonyl (C=O) groups excluding carboxylic acids is 1. The van der Waals surface area contributed by atoms with Gasteiger partial charge in [-0.2, -0.15) is 0 Å². The minimum atomic E-state index is -4.93. The van der Waals surface area contributed by atoms with E-state index in [1.165, 1.54) is 0 Å². The third-order valence-electron chi connectivity index (χ3n) is 12.8. The Balaban J connectivity index is 1.21. The van der Waals surface area contributed by atoms with Crippen LogP contribution < -0.4 is 20.9 Å². The maximum atomic E-state index is 12.6. The summed E-state index contributed by atoms with van der Waals surface area (Å²) in [6, 6.07) is 15.4. The van der Waals surface area contributed by atoms with Gasteiger partial charge in [0.05, 0.1) is 6.10 Å². The molecule has 2 aromatic rings. The predicted molar refractivity (Wildman–Crippen MR) is 172 cm³/mol. The number of alkyl halides is 3. The summed E-state index contributed by atoms with van der Waals surface area (Å²) >= 11 is 0. The van der Waals surface area contributed by atoms with Crippen molar-refractivity contribution < 1.29 is 32.2 Å². The fourth-order valence-electron chi connectivity index (χ4n) is 10.6. The lowest BCUT2D eigenvalue weighted by atomic mass is 9.43. The molecule has 0 radical (unpaired) electrons. The van der Waals surface area contributed by atoms with Gasteiger partial charge in [-0.3, -0.25) is 4.79 Å². The molecule has 2 aromatic carbocycles. The van der Waals surface area contributed by atoms with Crippen LogP contribution in [-0.2, 0) is 9.53 Å². The van der Waals surface area contributed by atoms with Gasteiger partial charge in [-0.1, -0.05) is 20.8 Å². The van der Waals surface area contributed by atoms with Crippen molar-refractivity contribution in [2.24, 2.45) is 46.3 Å². The van der Waals surface area contributed by atoms with E-state index in [2.05, 4.69) is 25.5 Å². The van der Waals surface area contributed by atoms with Crippen molar-refractivity contribution in [1.29, 1.82) is 0 Å². The second kappa shape index (κ2) is 12.5. The molecule has 46 heavy (non-hydrogen) atoms. The van der Waals surface area contributed by atoms with E-state index < -0.39 is 12.3 Å². The highest BCUT2D eigenvalue weighted by atomic mass is 19.4. The quantitative estimate of drug-likeness (QED) is 0.221. The number of esters is 1. The largest absolute Gasteiger partial charge is 0.575 e. The highest BCUT2D eigenvalue weighted by molar-refractivity contribution is 5.69. The Kier molecular flexibility index (Phi) is 8.92. The average molecular weight is 643 g/mol. The number of anilines is 2. The Labute approximate surface area is 270 Å². The third kappa shape index (κ3) is 6.52. The fraction of sp³-hybridized carbons (Fsp3) is 0.649. The summed E-state index contributed by atoms with van der Waals surface area (Å²) in [4.78, 5) is 11.9. The molecule has 4 N–H and O–H groups in total. The van der Waals surface area contributed by atoms with Crippen molar-refractivity contribution in [3.05, 3.63) is 48.5 Å². The zero-order valence-corrected chi connectivity index (χ0v) is 27.2. The first-order valence-corrected chi connectivity index (χ1v) is 17.1. The Hall–Kier alpha value is -3.10. The van der Waals surface area contributed by atoms with E-state index in [9.17, 15) is 18.0 Å². The molecule has 4 aliphatic carbocycles. The molecule has 0 heterocycles. The molecule has 0 amide bonds. The number of nitrogens with two attached hydrogens (primary N) is 2. The Morgan fingerprint density at radius 2 is 1.41 bits per heavy atom. The van der Waals surface area contributed by atoms with E-state index in [1.54, 1.807) is 0 Å². The van der Waals surface area contributed by atoms with Crippen LogP contribution >= 0.6 is 0 Å². The normalized spacial score (nSPS) is 36.1. The van der Waals surface area contributed by atoms with Gasteiger partial charge in [0.1, 0.15) is 17.6 Å². The van der Waals surface area contributed by atoms with Gasteiger partial charge in [-0.05, 0) is 147 Å². The first-order chi connectivity index (χ1) is 21.7. The Morgan fingerprint density at radius 1 is 0.826 bits per heavy atom. The van der Waals surface area contributed by atoms with Crippen molar-refractivity contribution in [1.82, 2.24) is 0 Å². The predicted octanol–water partition coefficient (Wildman–Crippen LogP) is 8.79. The molecule has 6 rings (SSSR count). The Bertz CT molecular complexity index is 1370. The summed E-state index contributed by atoms with van der Waals surface area (Å²) in [5, 5.41) is 0. The van der Waals surface area contributed by atoms with Crippen LogP contribution in [0.15, 0.2) is 48.5 Å². The minimum absolute atomic E-state index is 0.0312. The van der Waals surface area contributed by atoms with Gasteiger partial charge < -0.3 is 25.7 Å². The lowest BCUT2D eigenvalue weighted by molar-refractivity contribution is -0.305. The number of nitrogen functional groups attached to an aromatic ring is 2. The number of benzene rings is 2. The van der Waals surface area contributed by atoms with Crippen molar-refractivity contribution in [3.63, 3.8) is 0 Å². The number of hydrogen-bond donors (Lipinski definition) is 2. The van der Waals surface area contributed by atoms with Crippen molar-refractivity contribution in [2.45, 2.75) is 104 Å². The number of ether oxygens (including phenoxy) is 3. The molecule has 4 fully saturated rings. The van der Waals surface area contributed by atoms with E-state index in [-0.39, 0.29) is 35.4 Å².